The molecule has 1 aromatic heterocycles. The first kappa shape index (κ1) is 17.7. The van der Waals surface area contributed by atoms with Crippen LogP contribution < -0.4 is 11.0 Å². The summed E-state index contributed by atoms with van der Waals surface area (Å²) in [6, 6.07) is 9.88. The smallest absolute Gasteiger partial charge is 0.273 e. The molecule has 26 heavy (non-hydrogen) atoms. The lowest BCUT2D eigenvalue weighted by Crippen LogP contribution is -2.36. The summed E-state index contributed by atoms with van der Waals surface area (Å²) in [5.41, 5.74) is 2.75. The van der Waals surface area contributed by atoms with Gasteiger partial charge in [-0.3, -0.25) is 9.59 Å². The minimum atomic E-state index is -0.768. The van der Waals surface area contributed by atoms with Crippen LogP contribution in [0.3, 0.4) is 0 Å². The summed E-state index contributed by atoms with van der Waals surface area (Å²) in [5, 5.41) is 5.40. The summed E-state index contributed by atoms with van der Waals surface area (Å²) < 4.78 is 26.5. The number of amides is 1. The van der Waals surface area contributed by atoms with Gasteiger partial charge in [0.25, 0.3) is 5.56 Å². The van der Waals surface area contributed by atoms with Gasteiger partial charge in [0, 0.05) is 11.5 Å². The van der Waals surface area contributed by atoms with Gasteiger partial charge in [-0.05, 0) is 29.7 Å². The maximum Gasteiger partial charge on any atom is 0.294 e. The number of benzene rings is 2. The highest BCUT2D eigenvalue weighted by molar-refractivity contribution is 5.87. The highest BCUT2D eigenvalue weighted by atomic mass is 19.1. The molecule has 1 amide bonds. The minimum Gasteiger partial charge on any atom is -0.273 e. The second-order valence-electron chi connectivity index (χ2n) is 6.29. The molecule has 7 heteroatoms. The van der Waals surface area contributed by atoms with Crippen LogP contribution in [0.5, 0.6) is 0 Å². The zero-order valence-corrected chi connectivity index (χ0v) is 14.3. The van der Waals surface area contributed by atoms with Gasteiger partial charge in [0.05, 0.1) is 17.5 Å². The number of aromatic nitrogens is 2. The quantitative estimate of drug-likeness (QED) is 0.780. The fourth-order valence-electron chi connectivity index (χ4n) is 2.77. The topological polar surface area (TPSA) is 64.0 Å². The lowest BCUT2D eigenvalue weighted by atomic mass is 10.0. The van der Waals surface area contributed by atoms with E-state index >= 15 is 0 Å². The first-order chi connectivity index (χ1) is 12.3. The highest BCUT2D eigenvalue weighted by Gasteiger charge is 2.15. The van der Waals surface area contributed by atoms with Gasteiger partial charge in [-0.1, -0.05) is 32.0 Å². The van der Waals surface area contributed by atoms with Crippen molar-refractivity contribution in [1.29, 1.82) is 0 Å². The number of carbonyl (C=O) groups excluding carboxylic acids is 1. The van der Waals surface area contributed by atoms with Crippen LogP contribution in [0.25, 0.3) is 10.8 Å². The maximum absolute atomic E-state index is 13.2. The molecule has 0 saturated heterocycles. The second-order valence-corrected chi connectivity index (χ2v) is 6.29. The number of nitrogens with zero attached hydrogens (tertiary/aromatic N) is 2. The van der Waals surface area contributed by atoms with Gasteiger partial charge in [0.1, 0.15) is 11.6 Å². The molecule has 0 aliphatic rings. The number of rotatable bonds is 4. The molecular weight excluding hydrogens is 340 g/mol. The third kappa shape index (κ3) is 3.61. The van der Waals surface area contributed by atoms with E-state index in [0.29, 0.717) is 11.1 Å². The Labute approximate surface area is 148 Å². The van der Waals surface area contributed by atoms with E-state index in [0.717, 1.165) is 28.4 Å². The van der Waals surface area contributed by atoms with Crippen molar-refractivity contribution in [2.75, 3.05) is 5.43 Å². The van der Waals surface area contributed by atoms with Crippen molar-refractivity contribution >= 4 is 16.7 Å². The monoisotopic (exact) mass is 357 g/mol. The van der Waals surface area contributed by atoms with Gasteiger partial charge >= 0.3 is 0 Å². The van der Waals surface area contributed by atoms with E-state index < -0.39 is 23.1 Å². The average Bonchev–Trinajstić information content (AvgIpc) is 2.56. The molecule has 0 atom stereocenters. The molecule has 134 valence electrons. The van der Waals surface area contributed by atoms with E-state index in [-0.39, 0.29) is 17.9 Å². The van der Waals surface area contributed by atoms with Gasteiger partial charge in [-0.25, -0.2) is 14.2 Å². The summed E-state index contributed by atoms with van der Waals surface area (Å²) in [4.78, 5) is 25.7. The molecule has 0 saturated carbocycles. The second kappa shape index (κ2) is 7.03. The van der Waals surface area contributed by atoms with Gasteiger partial charge in [-0.15, -0.1) is 4.79 Å². The summed E-state index contributed by atoms with van der Waals surface area (Å²) in [7, 11) is 0. The first-order valence-corrected chi connectivity index (χ1v) is 8.12. The third-order valence-corrected chi connectivity index (χ3v) is 3.90. The molecule has 0 bridgehead atoms. The summed E-state index contributed by atoms with van der Waals surface area (Å²) in [6.45, 7) is 3.86. The maximum atomic E-state index is 13.2. The summed E-state index contributed by atoms with van der Waals surface area (Å²) in [5.74, 6) is -2.11. The summed E-state index contributed by atoms with van der Waals surface area (Å²) in [6.07, 6.45) is -0.285. The van der Waals surface area contributed by atoms with Gasteiger partial charge < -0.3 is 0 Å². The zero-order chi connectivity index (χ0) is 18.8. The van der Waals surface area contributed by atoms with Crippen molar-refractivity contribution in [3.8, 4) is 0 Å². The van der Waals surface area contributed by atoms with Gasteiger partial charge in [0.15, 0.2) is 0 Å². The van der Waals surface area contributed by atoms with E-state index in [9.17, 15) is 18.4 Å². The molecule has 2 aromatic carbocycles. The van der Waals surface area contributed by atoms with Crippen molar-refractivity contribution in [2.45, 2.75) is 26.2 Å². The number of hydrogen-bond acceptors (Lipinski definition) is 3. The molecule has 0 aliphatic heterocycles. The number of halogens is 2. The number of nitrogens with one attached hydrogen (secondary N) is 1. The van der Waals surface area contributed by atoms with Crippen molar-refractivity contribution in [3.05, 3.63) is 75.7 Å². The highest BCUT2D eigenvalue weighted by Crippen LogP contribution is 2.20. The Morgan fingerprint density at radius 2 is 1.73 bits per heavy atom. The van der Waals surface area contributed by atoms with Crippen molar-refractivity contribution in [3.63, 3.8) is 0 Å². The molecule has 0 aliphatic carbocycles. The lowest BCUT2D eigenvalue weighted by molar-refractivity contribution is -0.116. The van der Waals surface area contributed by atoms with Crippen LogP contribution in [0.15, 0.2) is 47.3 Å². The van der Waals surface area contributed by atoms with Crippen LogP contribution in [0.4, 0.5) is 8.78 Å². The molecule has 0 unspecified atom stereocenters. The number of hydrogen-bond donors (Lipinski definition) is 1. The molecule has 0 radical (unpaired) electrons. The molecule has 3 rings (SSSR count). The Balaban J connectivity index is 1.94. The van der Waals surface area contributed by atoms with Crippen LogP contribution in [-0.4, -0.2) is 15.8 Å². The Bertz CT molecular complexity index is 1020. The average molecular weight is 357 g/mol. The Morgan fingerprint density at radius 3 is 2.35 bits per heavy atom. The standard InChI is InChI=1S/C19H17F2N3O2/c1-11(2)18-15-5-3-4-6-16(15)19(26)24(23-18)22-17(25)9-12-7-13(20)10-14(21)8-12/h3-8,10-11H,9H2,1-2H3,(H,22,25). The molecular formula is C19H17F2N3O2. The van der Waals surface area contributed by atoms with Crippen LogP contribution >= 0.6 is 0 Å². The number of carbonyl (C=O) groups is 1. The fraction of sp³-hybridized carbons (Fsp3) is 0.211. The SMILES string of the molecule is CC(C)c1nn(NC(=O)Cc2cc(F)cc(F)c2)c(=O)c2ccccc12. The third-order valence-electron chi connectivity index (χ3n) is 3.90. The first-order valence-electron chi connectivity index (χ1n) is 8.12. The van der Waals surface area contributed by atoms with E-state index in [2.05, 4.69) is 10.5 Å². The molecule has 3 aromatic rings. The number of fused-ring (bicyclic) bond motifs is 1. The molecule has 0 fully saturated rings. The largest absolute Gasteiger partial charge is 0.294 e. The predicted octanol–water partition coefficient (Wildman–Crippen LogP) is 3.11. The predicted molar refractivity (Wildman–Crippen MR) is 94.5 cm³/mol. The van der Waals surface area contributed by atoms with Gasteiger partial charge in [-0.2, -0.15) is 5.10 Å². The van der Waals surface area contributed by atoms with Crippen molar-refractivity contribution < 1.29 is 13.6 Å². The van der Waals surface area contributed by atoms with Crippen molar-refractivity contribution in [2.24, 2.45) is 0 Å². The normalized spacial score (nSPS) is 11.1. The van der Waals surface area contributed by atoms with Crippen LogP contribution in [0.1, 0.15) is 31.0 Å². The molecule has 0 spiro atoms. The van der Waals surface area contributed by atoms with Crippen LogP contribution in [0.2, 0.25) is 0 Å². The Hall–Kier alpha value is -3.09. The Morgan fingerprint density at radius 1 is 1.12 bits per heavy atom. The zero-order valence-electron chi connectivity index (χ0n) is 14.3. The Kier molecular flexibility index (Phi) is 4.79. The molecule has 1 heterocycles. The van der Waals surface area contributed by atoms with E-state index in [1.54, 1.807) is 18.2 Å². The molecule has 5 nitrogen and oxygen atoms in total. The van der Waals surface area contributed by atoms with Crippen LogP contribution in [-0.2, 0) is 11.2 Å². The van der Waals surface area contributed by atoms with E-state index in [4.69, 9.17) is 0 Å². The van der Waals surface area contributed by atoms with Gasteiger partial charge in [0.2, 0.25) is 5.91 Å². The lowest BCUT2D eigenvalue weighted by Gasteiger charge is -2.13. The summed E-state index contributed by atoms with van der Waals surface area (Å²) >= 11 is 0. The minimum absolute atomic E-state index is 0.0287. The fourth-order valence-corrected chi connectivity index (χ4v) is 2.77. The molecule has 1 N–H and O–H groups in total. The van der Waals surface area contributed by atoms with E-state index in [1.807, 2.05) is 19.9 Å². The van der Waals surface area contributed by atoms with Crippen LogP contribution in [0, 0.1) is 11.6 Å². The van der Waals surface area contributed by atoms with E-state index in [1.165, 1.54) is 0 Å². The van der Waals surface area contributed by atoms with Crippen molar-refractivity contribution in [1.82, 2.24) is 9.89 Å².